The fraction of sp³-hybridized carbons (Fsp3) is 0.765. The van der Waals surface area contributed by atoms with Gasteiger partial charge >= 0.3 is 0 Å². The zero-order valence-electron chi connectivity index (χ0n) is 14.8. The van der Waals surface area contributed by atoms with Gasteiger partial charge in [0.2, 0.25) is 5.91 Å². The molecule has 0 bridgehead atoms. The molecule has 0 aromatic carbocycles. The van der Waals surface area contributed by atoms with E-state index < -0.39 is 11.0 Å². The number of amidine groups is 1. The molecule has 1 aliphatic heterocycles. The maximum atomic E-state index is 12.5. The normalized spacial score (nSPS) is 19.1. The molecule has 0 aromatic heterocycles. The number of aliphatic hydroxyl groups is 1. The molecule has 0 aliphatic carbocycles. The largest absolute Gasteiger partial charge is 0.512 e. The molecule has 0 spiro atoms. The smallest absolute Gasteiger partial charge is 0.245 e. The maximum Gasteiger partial charge on any atom is 0.245 e. The number of nitrogens with zero attached hydrogens (tertiary/aromatic N) is 1. The van der Waals surface area contributed by atoms with E-state index in [4.69, 9.17) is 5.41 Å². The second-order valence-electron chi connectivity index (χ2n) is 7.88. The van der Waals surface area contributed by atoms with E-state index in [1.54, 1.807) is 0 Å². The number of carbonyl (C=O) groups excluding carboxylic acids is 1. The predicted molar refractivity (Wildman–Crippen MR) is 90.1 cm³/mol. The minimum atomic E-state index is -0.655. The van der Waals surface area contributed by atoms with Gasteiger partial charge in [-0.05, 0) is 45.7 Å². The lowest BCUT2D eigenvalue weighted by Crippen LogP contribution is -2.57. The molecular formula is C17H31N3O2. The SMILES string of the molecule is CC1CCN(C(C)(C)C(=O)NC(=N)/C=C(\O)C(C)(C)C)CC1. The van der Waals surface area contributed by atoms with Gasteiger partial charge in [0.05, 0.1) is 5.54 Å². The van der Waals surface area contributed by atoms with Crippen LogP contribution < -0.4 is 5.32 Å². The van der Waals surface area contributed by atoms with Crippen LogP contribution in [-0.2, 0) is 4.79 Å². The summed E-state index contributed by atoms with van der Waals surface area (Å²) in [5.74, 6) is 0.517. The van der Waals surface area contributed by atoms with Gasteiger partial charge in [0.1, 0.15) is 11.6 Å². The minimum Gasteiger partial charge on any atom is -0.512 e. The third-order valence-electron chi connectivity index (χ3n) is 4.43. The van der Waals surface area contributed by atoms with Crippen LogP contribution in [0.3, 0.4) is 0 Å². The van der Waals surface area contributed by atoms with E-state index in [0.29, 0.717) is 5.92 Å². The van der Waals surface area contributed by atoms with E-state index in [-0.39, 0.29) is 17.5 Å². The van der Waals surface area contributed by atoms with Crippen molar-refractivity contribution in [2.24, 2.45) is 11.3 Å². The molecule has 0 aromatic rings. The third-order valence-corrected chi connectivity index (χ3v) is 4.43. The highest BCUT2D eigenvalue weighted by atomic mass is 16.3. The lowest BCUT2D eigenvalue weighted by Gasteiger charge is -2.41. The molecule has 22 heavy (non-hydrogen) atoms. The highest BCUT2D eigenvalue weighted by Gasteiger charge is 2.36. The molecule has 5 heteroatoms. The number of hydrogen-bond acceptors (Lipinski definition) is 4. The van der Waals surface area contributed by atoms with Crippen molar-refractivity contribution in [2.45, 2.75) is 59.9 Å². The Morgan fingerprint density at radius 1 is 1.23 bits per heavy atom. The minimum absolute atomic E-state index is 0.0733. The van der Waals surface area contributed by atoms with Crippen LogP contribution in [0.4, 0.5) is 0 Å². The molecule has 126 valence electrons. The van der Waals surface area contributed by atoms with Crippen LogP contribution in [-0.4, -0.2) is 40.4 Å². The van der Waals surface area contributed by atoms with E-state index in [2.05, 4.69) is 17.1 Å². The Bertz CT molecular complexity index is 453. The number of allylic oxidation sites excluding steroid dienone is 1. The second kappa shape index (κ2) is 6.82. The molecule has 0 atom stereocenters. The van der Waals surface area contributed by atoms with Gasteiger partial charge in [0.15, 0.2) is 0 Å². The zero-order chi connectivity index (χ0) is 17.1. The summed E-state index contributed by atoms with van der Waals surface area (Å²) in [7, 11) is 0. The van der Waals surface area contributed by atoms with Crippen LogP contribution in [0.15, 0.2) is 11.8 Å². The Hall–Kier alpha value is -1.36. The average Bonchev–Trinajstić information content (AvgIpc) is 2.37. The molecule has 0 radical (unpaired) electrons. The molecule has 1 amide bonds. The Morgan fingerprint density at radius 2 is 1.73 bits per heavy atom. The number of aliphatic hydroxyl groups excluding tert-OH is 1. The van der Waals surface area contributed by atoms with Crippen LogP contribution in [0.1, 0.15) is 54.4 Å². The van der Waals surface area contributed by atoms with Crippen LogP contribution in [0.2, 0.25) is 0 Å². The Kier molecular flexibility index (Phi) is 5.79. The molecule has 3 N–H and O–H groups in total. The van der Waals surface area contributed by atoms with E-state index in [1.165, 1.54) is 6.08 Å². The van der Waals surface area contributed by atoms with Crippen LogP contribution in [0.5, 0.6) is 0 Å². The molecule has 1 saturated heterocycles. The van der Waals surface area contributed by atoms with Crippen LogP contribution >= 0.6 is 0 Å². The topological polar surface area (TPSA) is 76.4 Å². The van der Waals surface area contributed by atoms with E-state index in [1.807, 2.05) is 34.6 Å². The van der Waals surface area contributed by atoms with Crippen molar-refractivity contribution in [3.05, 3.63) is 11.8 Å². The Balaban J connectivity index is 2.69. The summed E-state index contributed by atoms with van der Waals surface area (Å²) in [5.41, 5.74) is -1.09. The number of amides is 1. The monoisotopic (exact) mass is 309 g/mol. The third kappa shape index (κ3) is 4.83. The van der Waals surface area contributed by atoms with Gasteiger partial charge in [-0.1, -0.05) is 27.7 Å². The van der Waals surface area contributed by atoms with Crippen molar-refractivity contribution in [2.75, 3.05) is 13.1 Å². The molecule has 5 nitrogen and oxygen atoms in total. The number of piperidine rings is 1. The Labute approximate surface area is 134 Å². The molecular weight excluding hydrogens is 278 g/mol. The summed E-state index contributed by atoms with van der Waals surface area (Å²) < 4.78 is 0. The highest BCUT2D eigenvalue weighted by molar-refractivity contribution is 6.05. The lowest BCUT2D eigenvalue weighted by atomic mass is 9.92. The van der Waals surface area contributed by atoms with E-state index in [0.717, 1.165) is 25.9 Å². The van der Waals surface area contributed by atoms with Gasteiger partial charge in [-0.2, -0.15) is 0 Å². The summed E-state index contributed by atoms with van der Waals surface area (Å²) in [6.45, 7) is 13.4. The maximum absolute atomic E-state index is 12.5. The van der Waals surface area contributed by atoms with Crippen LogP contribution in [0.25, 0.3) is 0 Å². The number of nitrogens with one attached hydrogen (secondary N) is 2. The number of carbonyl (C=O) groups is 1. The predicted octanol–water partition coefficient (Wildman–Crippen LogP) is 3.08. The zero-order valence-corrected chi connectivity index (χ0v) is 14.8. The fourth-order valence-electron chi connectivity index (χ4n) is 2.38. The van der Waals surface area contributed by atoms with Crippen LogP contribution in [0, 0.1) is 16.7 Å². The van der Waals surface area contributed by atoms with Crippen molar-refractivity contribution in [3.8, 4) is 0 Å². The van der Waals surface area contributed by atoms with Gasteiger partial charge in [0.25, 0.3) is 0 Å². The quantitative estimate of drug-likeness (QED) is 0.426. The number of rotatable bonds is 3. The molecule has 1 rings (SSSR count). The molecule has 0 unspecified atom stereocenters. The summed E-state index contributed by atoms with van der Waals surface area (Å²) in [6, 6.07) is 0. The number of likely N-dealkylation sites (tertiary alicyclic amines) is 1. The first-order valence-electron chi connectivity index (χ1n) is 8.00. The summed E-state index contributed by atoms with van der Waals surface area (Å²) in [4.78, 5) is 14.7. The van der Waals surface area contributed by atoms with Gasteiger partial charge in [0, 0.05) is 11.5 Å². The van der Waals surface area contributed by atoms with E-state index >= 15 is 0 Å². The van der Waals surface area contributed by atoms with Crippen molar-refractivity contribution >= 4 is 11.7 Å². The molecule has 1 aliphatic rings. The molecule has 0 saturated carbocycles. The molecule has 1 heterocycles. The van der Waals surface area contributed by atoms with Gasteiger partial charge in [-0.25, -0.2) is 0 Å². The van der Waals surface area contributed by atoms with Gasteiger partial charge < -0.3 is 10.4 Å². The van der Waals surface area contributed by atoms with Crippen molar-refractivity contribution in [3.63, 3.8) is 0 Å². The summed E-state index contributed by atoms with van der Waals surface area (Å²) >= 11 is 0. The summed E-state index contributed by atoms with van der Waals surface area (Å²) in [5, 5.41) is 20.4. The van der Waals surface area contributed by atoms with Gasteiger partial charge in [-0.3, -0.25) is 15.1 Å². The summed E-state index contributed by atoms with van der Waals surface area (Å²) in [6.07, 6.45) is 3.50. The first-order valence-corrected chi connectivity index (χ1v) is 8.00. The first kappa shape index (κ1) is 18.7. The van der Waals surface area contributed by atoms with Crippen molar-refractivity contribution < 1.29 is 9.90 Å². The average molecular weight is 309 g/mol. The Morgan fingerprint density at radius 3 is 2.18 bits per heavy atom. The van der Waals surface area contributed by atoms with Crippen molar-refractivity contribution in [1.82, 2.24) is 10.2 Å². The van der Waals surface area contributed by atoms with E-state index in [9.17, 15) is 9.90 Å². The standard InChI is InChI=1S/C17H31N3O2/c1-12-7-9-20(10-8-12)17(5,6)15(22)19-14(18)11-13(21)16(2,3)4/h11-12,21H,7-10H2,1-6H3,(H2,18,19,22)/b13-11-. The number of hydrogen-bond donors (Lipinski definition) is 3. The first-order chi connectivity index (χ1) is 9.94. The lowest BCUT2D eigenvalue weighted by molar-refractivity contribution is -0.131. The molecule has 1 fully saturated rings. The second-order valence-corrected chi connectivity index (χ2v) is 7.88. The fourth-order valence-corrected chi connectivity index (χ4v) is 2.38. The van der Waals surface area contributed by atoms with Crippen molar-refractivity contribution in [1.29, 1.82) is 5.41 Å². The highest BCUT2D eigenvalue weighted by Crippen LogP contribution is 2.24. The van der Waals surface area contributed by atoms with Gasteiger partial charge in [-0.15, -0.1) is 0 Å².